The van der Waals surface area contributed by atoms with Crippen LogP contribution in [-0.4, -0.2) is 42.4 Å². The lowest BCUT2D eigenvalue weighted by Gasteiger charge is -2.30. The molecule has 0 bridgehead atoms. The molecule has 0 aromatic heterocycles. The Morgan fingerprint density at radius 1 is 1.56 bits per heavy atom. The minimum Gasteiger partial charge on any atom is -0.381 e. The highest BCUT2D eigenvalue weighted by Crippen LogP contribution is 2.22. The van der Waals surface area contributed by atoms with Crippen LogP contribution in [0.3, 0.4) is 0 Å². The standard InChI is InChI=1S/C12H19ClN4O/c1-8(2)16-11(13)10-12(14)17(7-15-10)9-3-5-18-6-4-9/h7-9,14,16H,3-6H2,1-2H3/b11-10+,14-12?. The number of nitrogens with one attached hydrogen (secondary N) is 2. The van der Waals surface area contributed by atoms with E-state index >= 15 is 0 Å². The van der Waals surface area contributed by atoms with E-state index in [9.17, 15) is 0 Å². The van der Waals surface area contributed by atoms with E-state index in [0.29, 0.717) is 22.7 Å². The van der Waals surface area contributed by atoms with E-state index in [1.54, 1.807) is 6.34 Å². The van der Waals surface area contributed by atoms with Gasteiger partial charge in [-0.25, -0.2) is 4.99 Å². The van der Waals surface area contributed by atoms with Crippen LogP contribution in [0.25, 0.3) is 0 Å². The van der Waals surface area contributed by atoms with Crippen LogP contribution in [0.5, 0.6) is 0 Å². The summed E-state index contributed by atoms with van der Waals surface area (Å²) in [5.74, 6) is 0.375. The number of halogens is 1. The van der Waals surface area contributed by atoms with Gasteiger partial charge in [0.15, 0.2) is 5.84 Å². The van der Waals surface area contributed by atoms with E-state index in [-0.39, 0.29) is 6.04 Å². The number of rotatable bonds is 3. The van der Waals surface area contributed by atoms with Crippen molar-refractivity contribution in [2.24, 2.45) is 4.99 Å². The first-order valence-electron chi connectivity index (χ1n) is 6.25. The van der Waals surface area contributed by atoms with Crippen LogP contribution in [0.1, 0.15) is 26.7 Å². The van der Waals surface area contributed by atoms with Gasteiger partial charge in [-0.05, 0) is 26.7 Å². The van der Waals surface area contributed by atoms with Crippen molar-refractivity contribution in [2.45, 2.75) is 38.8 Å². The zero-order valence-electron chi connectivity index (χ0n) is 10.7. The second-order valence-electron chi connectivity index (χ2n) is 4.81. The highest BCUT2D eigenvalue weighted by molar-refractivity contribution is 6.32. The molecular weight excluding hydrogens is 252 g/mol. The molecular formula is C12H19ClN4O. The average molecular weight is 271 g/mol. The summed E-state index contributed by atoms with van der Waals surface area (Å²) < 4.78 is 5.33. The summed E-state index contributed by atoms with van der Waals surface area (Å²) in [4.78, 5) is 6.14. The van der Waals surface area contributed by atoms with Crippen LogP contribution in [0.15, 0.2) is 15.8 Å². The number of nitrogens with zero attached hydrogens (tertiary/aromatic N) is 2. The molecule has 5 nitrogen and oxygen atoms in total. The zero-order chi connectivity index (χ0) is 13.1. The van der Waals surface area contributed by atoms with Crippen LogP contribution in [0, 0.1) is 5.41 Å². The Kier molecular flexibility index (Phi) is 4.24. The monoisotopic (exact) mass is 270 g/mol. The van der Waals surface area contributed by atoms with Gasteiger partial charge in [0.25, 0.3) is 0 Å². The summed E-state index contributed by atoms with van der Waals surface area (Å²) in [6, 6.07) is 0.529. The van der Waals surface area contributed by atoms with E-state index in [1.807, 2.05) is 18.7 Å². The van der Waals surface area contributed by atoms with Gasteiger partial charge < -0.3 is 15.0 Å². The minimum absolute atomic E-state index is 0.227. The first-order valence-corrected chi connectivity index (χ1v) is 6.63. The van der Waals surface area contributed by atoms with E-state index in [1.165, 1.54) is 0 Å². The minimum atomic E-state index is 0.227. The number of ether oxygens (including phenoxy) is 1. The predicted molar refractivity (Wildman–Crippen MR) is 73.0 cm³/mol. The zero-order valence-corrected chi connectivity index (χ0v) is 11.5. The number of amidine groups is 1. The van der Waals surface area contributed by atoms with Crippen LogP contribution < -0.4 is 5.32 Å². The molecule has 2 rings (SSSR count). The van der Waals surface area contributed by atoms with Crippen molar-refractivity contribution in [3.05, 3.63) is 10.9 Å². The maximum atomic E-state index is 8.15. The molecule has 2 aliphatic rings. The molecule has 1 saturated heterocycles. The molecule has 18 heavy (non-hydrogen) atoms. The molecule has 0 aromatic rings. The fourth-order valence-electron chi connectivity index (χ4n) is 2.08. The second kappa shape index (κ2) is 5.71. The van der Waals surface area contributed by atoms with E-state index in [0.717, 1.165) is 26.1 Å². The number of hydrogen-bond donors (Lipinski definition) is 2. The summed E-state index contributed by atoms with van der Waals surface area (Å²) >= 11 is 6.14. The summed E-state index contributed by atoms with van der Waals surface area (Å²) in [5, 5.41) is 11.7. The molecule has 0 radical (unpaired) electrons. The third-order valence-corrected chi connectivity index (χ3v) is 3.29. The Balaban J connectivity index is 2.07. The van der Waals surface area contributed by atoms with Gasteiger partial charge in [-0.15, -0.1) is 0 Å². The highest BCUT2D eigenvalue weighted by Gasteiger charge is 2.29. The largest absolute Gasteiger partial charge is 0.381 e. The van der Waals surface area contributed by atoms with Crippen molar-refractivity contribution in [3.63, 3.8) is 0 Å². The third-order valence-electron chi connectivity index (χ3n) is 3.00. The lowest BCUT2D eigenvalue weighted by Crippen LogP contribution is -2.40. The Labute approximate surface area is 112 Å². The first kappa shape index (κ1) is 13.4. The Morgan fingerprint density at radius 3 is 2.83 bits per heavy atom. The van der Waals surface area contributed by atoms with Gasteiger partial charge >= 0.3 is 0 Å². The molecule has 0 unspecified atom stereocenters. The summed E-state index contributed by atoms with van der Waals surface area (Å²) in [7, 11) is 0. The quantitative estimate of drug-likeness (QED) is 0.770. The van der Waals surface area contributed by atoms with Crippen LogP contribution in [0.2, 0.25) is 0 Å². The van der Waals surface area contributed by atoms with Crippen LogP contribution in [-0.2, 0) is 4.74 Å². The summed E-state index contributed by atoms with van der Waals surface area (Å²) in [6.45, 7) is 5.50. The van der Waals surface area contributed by atoms with Gasteiger partial charge in [0.1, 0.15) is 10.9 Å². The highest BCUT2D eigenvalue weighted by atomic mass is 35.5. The van der Waals surface area contributed by atoms with Crippen molar-refractivity contribution < 1.29 is 4.74 Å². The first-order chi connectivity index (χ1) is 8.59. The molecule has 6 heteroatoms. The maximum absolute atomic E-state index is 8.15. The van der Waals surface area contributed by atoms with Gasteiger partial charge in [0.2, 0.25) is 0 Å². The van der Waals surface area contributed by atoms with Crippen LogP contribution in [0.4, 0.5) is 0 Å². The molecule has 0 saturated carbocycles. The van der Waals surface area contributed by atoms with Crippen molar-refractivity contribution >= 4 is 23.8 Å². The topological polar surface area (TPSA) is 60.7 Å². The SMILES string of the molecule is CC(C)N/C(Cl)=C1/N=CN(C2CCOCC2)C1=N. The van der Waals surface area contributed by atoms with Crippen LogP contribution >= 0.6 is 11.6 Å². The van der Waals surface area contributed by atoms with Gasteiger partial charge in [0.05, 0.1) is 6.34 Å². The smallest absolute Gasteiger partial charge is 0.155 e. The molecule has 2 aliphatic heterocycles. The van der Waals surface area contributed by atoms with Gasteiger partial charge in [-0.3, -0.25) is 5.41 Å². The molecule has 0 aromatic carbocycles. The molecule has 2 N–H and O–H groups in total. The van der Waals surface area contributed by atoms with Crippen molar-refractivity contribution in [1.82, 2.24) is 10.2 Å². The lowest BCUT2D eigenvalue weighted by molar-refractivity contribution is 0.0687. The number of hydrogen-bond acceptors (Lipinski definition) is 4. The molecule has 0 atom stereocenters. The van der Waals surface area contributed by atoms with Gasteiger partial charge in [-0.1, -0.05) is 11.6 Å². The Hall–Kier alpha value is -1.07. The van der Waals surface area contributed by atoms with E-state index in [4.69, 9.17) is 21.7 Å². The average Bonchev–Trinajstić information content (AvgIpc) is 2.71. The van der Waals surface area contributed by atoms with Crippen molar-refractivity contribution in [3.8, 4) is 0 Å². The molecule has 100 valence electrons. The normalized spacial score (nSPS) is 24.0. The molecule has 1 fully saturated rings. The summed E-state index contributed by atoms with van der Waals surface area (Å²) in [5.41, 5.74) is 0.525. The fraction of sp³-hybridized carbons (Fsp3) is 0.667. The van der Waals surface area contributed by atoms with E-state index < -0.39 is 0 Å². The maximum Gasteiger partial charge on any atom is 0.155 e. The molecule has 0 aliphatic carbocycles. The molecule has 2 heterocycles. The summed E-state index contributed by atoms with van der Waals surface area (Å²) in [6.07, 6.45) is 3.56. The van der Waals surface area contributed by atoms with Crippen molar-refractivity contribution in [2.75, 3.05) is 13.2 Å². The lowest BCUT2D eigenvalue weighted by atomic mass is 10.1. The second-order valence-corrected chi connectivity index (χ2v) is 5.18. The fourth-order valence-corrected chi connectivity index (χ4v) is 2.44. The Morgan fingerprint density at radius 2 is 2.22 bits per heavy atom. The third kappa shape index (κ3) is 2.84. The van der Waals surface area contributed by atoms with Gasteiger partial charge in [-0.2, -0.15) is 0 Å². The van der Waals surface area contributed by atoms with Crippen molar-refractivity contribution in [1.29, 1.82) is 5.41 Å². The van der Waals surface area contributed by atoms with E-state index in [2.05, 4.69) is 10.3 Å². The van der Waals surface area contributed by atoms with Gasteiger partial charge in [0, 0.05) is 25.3 Å². The Bertz CT molecular complexity index is 386. The number of aliphatic imine (C=N–C) groups is 1. The predicted octanol–water partition coefficient (Wildman–Crippen LogP) is 1.89. The molecule has 0 spiro atoms. The molecule has 0 amide bonds.